The van der Waals surface area contributed by atoms with Crippen molar-refractivity contribution in [3.63, 3.8) is 0 Å². The molecule has 0 spiro atoms. The molecule has 0 saturated carbocycles. The lowest BCUT2D eigenvalue weighted by Gasteiger charge is -2.08. The number of nitrogens with zero attached hydrogens (tertiary/aromatic N) is 2. The van der Waals surface area contributed by atoms with Crippen LogP contribution in [0.2, 0.25) is 0 Å². The van der Waals surface area contributed by atoms with Gasteiger partial charge in [0.2, 0.25) is 0 Å². The molecule has 1 aromatic rings. The summed E-state index contributed by atoms with van der Waals surface area (Å²) in [5, 5.41) is 0. The summed E-state index contributed by atoms with van der Waals surface area (Å²) in [6, 6.07) is 0. The molecule has 0 aliphatic rings. The van der Waals surface area contributed by atoms with Crippen molar-refractivity contribution < 1.29 is 19.1 Å². The van der Waals surface area contributed by atoms with E-state index in [4.69, 9.17) is 9.47 Å². The molecule has 0 aromatic carbocycles. The summed E-state index contributed by atoms with van der Waals surface area (Å²) >= 11 is 0. The van der Waals surface area contributed by atoms with Crippen molar-refractivity contribution in [1.82, 2.24) is 9.55 Å². The van der Waals surface area contributed by atoms with Crippen molar-refractivity contribution >= 4 is 11.9 Å². The molecule has 0 aliphatic heterocycles. The van der Waals surface area contributed by atoms with Gasteiger partial charge in [-0.25, -0.2) is 14.6 Å². The van der Waals surface area contributed by atoms with Gasteiger partial charge in [-0.3, -0.25) is 0 Å². The van der Waals surface area contributed by atoms with Gasteiger partial charge in [-0.15, -0.1) is 0 Å². The summed E-state index contributed by atoms with van der Waals surface area (Å²) in [7, 11) is 0. The fourth-order valence-electron chi connectivity index (χ4n) is 1.38. The third-order valence-corrected chi connectivity index (χ3v) is 2.28. The first-order chi connectivity index (χ1) is 9.17. The zero-order valence-electron chi connectivity index (χ0n) is 10.6. The van der Waals surface area contributed by atoms with Crippen LogP contribution in [0.5, 0.6) is 0 Å². The van der Waals surface area contributed by atoms with Crippen molar-refractivity contribution in [2.24, 2.45) is 0 Å². The standard InChI is InChI=1S/C13H16N2O4/c1-3-12(16)18-9-5-11-14-6-7-15(11)8-10-19-13(17)4-2/h3-4,6-7H,1-2,5,8-10H2. The molecule has 0 bridgehead atoms. The zero-order chi connectivity index (χ0) is 14.1. The Labute approximate surface area is 111 Å². The van der Waals surface area contributed by atoms with E-state index in [9.17, 15) is 9.59 Å². The van der Waals surface area contributed by atoms with Gasteiger partial charge in [0, 0.05) is 31.0 Å². The second kappa shape index (κ2) is 7.86. The quantitative estimate of drug-likeness (QED) is 0.515. The Morgan fingerprint density at radius 3 is 2.47 bits per heavy atom. The molecule has 0 saturated heterocycles. The van der Waals surface area contributed by atoms with E-state index in [1.165, 1.54) is 0 Å². The van der Waals surface area contributed by atoms with Crippen LogP contribution in [0.4, 0.5) is 0 Å². The van der Waals surface area contributed by atoms with Crippen molar-refractivity contribution in [2.75, 3.05) is 13.2 Å². The summed E-state index contributed by atoms with van der Waals surface area (Å²) in [6.07, 6.45) is 6.12. The smallest absolute Gasteiger partial charge is 0.330 e. The summed E-state index contributed by atoms with van der Waals surface area (Å²) in [6.45, 7) is 7.57. The molecule has 0 aliphatic carbocycles. The Morgan fingerprint density at radius 1 is 1.21 bits per heavy atom. The lowest BCUT2D eigenvalue weighted by molar-refractivity contribution is -0.139. The second-order valence-electron chi connectivity index (χ2n) is 3.53. The normalized spacial score (nSPS) is 9.68. The molecule has 6 nitrogen and oxygen atoms in total. The Balaban J connectivity index is 2.37. The molecule has 19 heavy (non-hydrogen) atoms. The first-order valence-corrected chi connectivity index (χ1v) is 5.75. The predicted molar refractivity (Wildman–Crippen MR) is 68.2 cm³/mol. The van der Waals surface area contributed by atoms with Gasteiger partial charge < -0.3 is 14.0 Å². The number of hydrogen-bond acceptors (Lipinski definition) is 5. The first kappa shape index (κ1) is 14.7. The molecule has 6 heteroatoms. The van der Waals surface area contributed by atoms with E-state index >= 15 is 0 Å². The number of aromatic nitrogens is 2. The van der Waals surface area contributed by atoms with Gasteiger partial charge in [-0.1, -0.05) is 13.2 Å². The van der Waals surface area contributed by atoms with Crippen LogP contribution in [0.1, 0.15) is 5.82 Å². The van der Waals surface area contributed by atoms with Crippen LogP contribution < -0.4 is 0 Å². The van der Waals surface area contributed by atoms with Crippen LogP contribution >= 0.6 is 0 Å². The van der Waals surface area contributed by atoms with E-state index in [1.54, 1.807) is 12.4 Å². The molecule has 102 valence electrons. The van der Waals surface area contributed by atoms with E-state index < -0.39 is 11.9 Å². The second-order valence-corrected chi connectivity index (χ2v) is 3.53. The number of rotatable bonds is 8. The van der Waals surface area contributed by atoms with Crippen LogP contribution in [-0.2, 0) is 32.0 Å². The number of ether oxygens (including phenoxy) is 2. The van der Waals surface area contributed by atoms with Crippen molar-refractivity contribution in [2.45, 2.75) is 13.0 Å². The van der Waals surface area contributed by atoms with Crippen LogP contribution in [-0.4, -0.2) is 34.7 Å². The number of carbonyl (C=O) groups is 2. The van der Waals surface area contributed by atoms with E-state index in [0.29, 0.717) is 13.0 Å². The third-order valence-electron chi connectivity index (χ3n) is 2.28. The van der Waals surface area contributed by atoms with Crippen molar-refractivity contribution in [3.8, 4) is 0 Å². The largest absolute Gasteiger partial charge is 0.462 e. The van der Waals surface area contributed by atoms with Crippen molar-refractivity contribution in [3.05, 3.63) is 43.5 Å². The Bertz CT molecular complexity index is 424. The van der Waals surface area contributed by atoms with E-state index in [-0.39, 0.29) is 13.2 Å². The molecule has 0 amide bonds. The molecular weight excluding hydrogens is 248 g/mol. The monoisotopic (exact) mass is 264 g/mol. The lowest BCUT2D eigenvalue weighted by Crippen LogP contribution is -2.13. The summed E-state index contributed by atoms with van der Waals surface area (Å²) in [4.78, 5) is 25.9. The highest BCUT2D eigenvalue weighted by atomic mass is 16.5. The molecule has 1 rings (SSSR count). The van der Waals surface area contributed by atoms with Gasteiger partial charge in [0.1, 0.15) is 12.4 Å². The van der Waals surface area contributed by atoms with Gasteiger partial charge in [0.25, 0.3) is 0 Å². The topological polar surface area (TPSA) is 70.4 Å². The van der Waals surface area contributed by atoms with Crippen LogP contribution in [0.3, 0.4) is 0 Å². The van der Waals surface area contributed by atoms with Gasteiger partial charge >= 0.3 is 11.9 Å². The Hall–Kier alpha value is -2.37. The molecule has 1 heterocycles. The lowest BCUT2D eigenvalue weighted by atomic mass is 10.4. The maximum atomic E-state index is 10.9. The van der Waals surface area contributed by atoms with Gasteiger partial charge in [-0.05, 0) is 0 Å². The maximum absolute atomic E-state index is 10.9. The highest BCUT2D eigenvalue weighted by Crippen LogP contribution is 2.00. The molecule has 0 N–H and O–H groups in total. The molecule has 0 atom stereocenters. The minimum Gasteiger partial charge on any atom is -0.462 e. The summed E-state index contributed by atoms with van der Waals surface area (Å²) in [5.41, 5.74) is 0. The van der Waals surface area contributed by atoms with Crippen LogP contribution in [0, 0.1) is 0 Å². The highest BCUT2D eigenvalue weighted by Gasteiger charge is 2.05. The fourth-order valence-corrected chi connectivity index (χ4v) is 1.38. The Morgan fingerprint density at radius 2 is 1.84 bits per heavy atom. The average Bonchev–Trinajstić information content (AvgIpc) is 2.86. The third kappa shape index (κ3) is 5.20. The SMILES string of the molecule is C=CC(=O)OCCc1nccn1CCOC(=O)C=C. The predicted octanol–water partition coefficient (Wildman–Crippen LogP) is 0.884. The molecule has 1 aromatic heterocycles. The number of esters is 2. The maximum Gasteiger partial charge on any atom is 0.330 e. The highest BCUT2D eigenvalue weighted by molar-refractivity contribution is 5.81. The van der Waals surface area contributed by atoms with Gasteiger partial charge in [0.15, 0.2) is 0 Å². The summed E-state index contributed by atoms with van der Waals surface area (Å²) in [5.74, 6) is -0.161. The molecule has 0 unspecified atom stereocenters. The number of carbonyl (C=O) groups excluding carboxylic acids is 2. The van der Waals surface area contributed by atoms with Crippen LogP contribution in [0.15, 0.2) is 37.7 Å². The minimum absolute atomic E-state index is 0.230. The molecule has 0 fully saturated rings. The summed E-state index contributed by atoms with van der Waals surface area (Å²) < 4.78 is 11.6. The fraction of sp³-hybridized carbons (Fsp3) is 0.308. The minimum atomic E-state index is -0.460. The van der Waals surface area contributed by atoms with Crippen LogP contribution in [0.25, 0.3) is 0 Å². The van der Waals surface area contributed by atoms with E-state index in [2.05, 4.69) is 18.1 Å². The van der Waals surface area contributed by atoms with Crippen molar-refractivity contribution in [1.29, 1.82) is 0 Å². The van der Waals surface area contributed by atoms with Gasteiger partial charge in [0.05, 0.1) is 13.2 Å². The van der Waals surface area contributed by atoms with Gasteiger partial charge in [-0.2, -0.15) is 0 Å². The van der Waals surface area contributed by atoms with E-state index in [1.807, 2.05) is 4.57 Å². The average molecular weight is 264 g/mol. The number of hydrogen-bond donors (Lipinski definition) is 0. The zero-order valence-corrected chi connectivity index (χ0v) is 10.6. The van der Waals surface area contributed by atoms with E-state index in [0.717, 1.165) is 18.0 Å². The Kier molecular flexibility index (Phi) is 6.08. The molecular formula is C13H16N2O4. The molecule has 0 radical (unpaired) electrons. The number of imidazole rings is 1. The first-order valence-electron chi connectivity index (χ1n) is 5.75.